The van der Waals surface area contributed by atoms with Crippen molar-refractivity contribution < 1.29 is 19.7 Å². The Balaban J connectivity index is 1.42. The maximum absolute atomic E-state index is 13.5. The summed E-state index contributed by atoms with van der Waals surface area (Å²) in [5, 5.41) is 20.9. The number of nitrogens with zero attached hydrogens (tertiary/aromatic N) is 1. The number of ether oxygens (including phenoxy) is 1. The highest BCUT2D eigenvalue weighted by atomic mass is 35.5. The van der Waals surface area contributed by atoms with Gasteiger partial charge < -0.3 is 24.8 Å². The number of phenols is 2. The number of carbonyl (C=O) groups is 1. The molecule has 4 aliphatic carbocycles. The van der Waals surface area contributed by atoms with Crippen LogP contribution in [0.25, 0.3) is 22.2 Å². The molecular weight excluding hydrogens is 464 g/mol. The maximum atomic E-state index is 13.5. The number of fused-ring (bicyclic) bond motifs is 1. The van der Waals surface area contributed by atoms with Crippen LogP contribution in [0.2, 0.25) is 0 Å². The summed E-state index contributed by atoms with van der Waals surface area (Å²) >= 11 is 6.85. The Morgan fingerprint density at radius 3 is 2.34 bits per heavy atom. The van der Waals surface area contributed by atoms with Crippen molar-refractivity contribution in [3.05, 3.63) is 42.0 Å². The van der Waals surface area contributed by atoms with Crippen LogP contribution in [0, 0.1) is 17.8 Å². The van der Waals surface area contributed by atoms with E-state index in [0.717, 1.165) is 47.2 Å². The number of rotatable bonds is 4. The highest BCUT2D eigenvalue weighted by Gasteiger charge is 2.62. The van der Waals surface area contributed by atoms with Gasteiger partial charge in [-0.3, -0.25) is 4.79 Å². The van der Waals surface area contributed by atoms with E-state index in [2.05, 4.69) is 9.88 Å². The third-order valence-electron chi connectivity index (χ3n) is 9.14. The number of hydrogen-bond acceptors (Lipinski definition) is 4. The summed E-state index contributed by atoms with van der Waals surface area (Å²) in [6.45, 7) is 0. The average Bonchev–Trinajstić information content (AvgIpc) is 3.18. The second-order valence-electron chi connectivity index (χ2n) is 11.2. The largest absolute Gasteiger partial charge is 0.508 e. The molecule has 1 aliphatic heterocycles. The van der Waals surface area contributed by atoms with Crippen LogP contribution < -0.4 is 4.74 Å². The lowest BCUT2D eigenvalue weighted by atomic mass is 9.51. The molecule has 6 nitrogen and oxygen atoms in total. The zero-order chi connectivity index (χ0) is 24.1. The Morgan fingerprint density at radius 2 is 1.71 bits per heavy atom. The number of nitrogens with one attached hydrogen (secondary N) is 1. The van der Waals surface area contributed by atoms with Gasteiger partial charge in [0.1, 0.15) is 22.6 Å². The van der Waals surface area contributed by atoms with E-state index in [-0.39, 0.29) is 29.0 Å². The van der Waals surface area contributed by atoms with Gasteiger partial charge in [-0.1, -0.05) is 0 Å². The quantitative estimate of drug-likeness (QED) is 0.321. The molecule has 4 saturated carbocycles. The van der Waals surface area contributed by atoms with Crippen molar-refractivity contribution in [1.29, 1.82) is 0 Å². The fourth-order valence-electron chi connectivity index (χ4n) is 8.19. The van der Waals surface area contributed by atoms with Crippen molar-refractivity contribution >= 4 is 28.4 Å². The van der Waals surface area contributed by atoms with Gasteiger partial charge in [-0.15, -0.1) is 11.6 Å². The summed E-state index contributed by atoms with van der Waals surface area (Å²) in [6.07, 6.45) is 7.09. The second-order valence-corrected chi connectivity index (χ2v) is 11.7. The lowest BCUT2D eigenvalue weighted by molar-refractivity contribution is -0.175. The van der Waals surface area contributed by atoms with E-state index in [0.29, 0.717) is 23.3 Å². The highest BCUT2D eigenvalue weighted by Crippen LogP contribution is 2.62. The standard InChI is InChI=1S/C28H29ClN2O4/c1-35-18-3-5-21-20(10-18)23(25(30-21)19-4-2-17(32)9-22(19)33)26-24(29)27(34)31(26)28-11-14-6-15(12-28)8-16(7-14)13-28/h2-5,9-10,14-16,24,26,30,32-33H,6-8,11-13H2,1H3. The van der Waals surface area contributed by atoms with E-state index in [4.69, 9.17) is 16.3 Å². The van der Waals surface area contributed by atoms with Gasteiger partial charge in [0.05, 0.1) is 18.8 Å². The molecular formula is C28H29ClN2O4. The highest BCUT2D eigenvalue weighted by molar-refractivity contribution is 6.34. The fourth-order valence-corrected chi connectivity index (χ4v) is 8.53. The summed E-state index contributed by atoms with van der Waals surface area (Å²) in [5.41, 5.74) is 2.97. The van der Waals surface area contributed by atoms with Crippen LogP contribution in [-0.2, 0) is 4.79 Å². The number of halogens is 1. The van der Waals surface area contributed by atoms with Crippen LogP contribution in [0.5, 0.6) is 17.2 Å². The molecule has 5 fully saturated rings. The molecule has 2 aromatic carbocycles. The van der Waals surface area contributed by atoms with Gasteiger partial charge in [-0.25, -0.2) is 0 Å². The van der Waals surface area contributed by atoms with Gasteiger partial charge >= 0.3 is 0 Å². The first-order chi connectivity index (χ1) is 16.9. The van der Waals surface area contributed by atoms with Crippen LogP contribution in [0.4, 0.5) is 0 Å². The summed E-state index contributed by atoms with van der Waals surface area (Å²) in [7, 11) is 1.64. The number of carbonyl (C=O) groups excluding carboxylic acids is 1. The smallest absolute Gasteiger partial charge is 0.244 e. The van der Waals surface area contributed by atoms with Crippen molar-refractivity contribution in [2.45, 2.75) is 55.5 Å². The number of phenolic OH excluding ortho intramolecular Hbond substituents is 2. The molecule has 1 saturated heterocycles. The molecule has 1 amide bonds. The monoisotopic (exact) mass is 492 g/mol. The van der Waals surface area contributed by atoms with Crippen molar-refractivity contribution in [2.75, 3.05) is 7.11 Å². The minimum absolute atomic E-state index is 0.00480. The average molecular weight is 493 g/mol. The molecule has 2 atom stereocenters. The normalized spacial score (nSPS) is 33.4. The Morgan fingerprint density at radius 1 is 1.03 bits per heavy atom. The van der Waals surface area contributed by atoms with Crippen molar-refractivity contribution in [2.24, 2.45) is 17.8 Å². The number of aromatic hydroxyl groups is 2. The fraction of sp³-hybridized carbons (Fsp3) is 0.464. The number of hydrogen-bond donors (Lipinski definition) is 3. The number of benzene rings is 2. The minimum Gasteiger partial charge on any atom is -0.508 e. The molecule has 3 aromatic rings. The van der Waals surface area contributed by atoms with Crippen molar-refractivity contribution in [3.63, 3.8) is 0 Å². The van der Waals surface area contributed by atoms with Crippen LogP contribution in [-0.4, -0.2) is 44.0 Å². The number of aromatic amines is 1. The summed E-state index contributed by atoms with van der Waals surface area (Å²) in [4.78, 5) is 19.1. The van der Waals surface area contributed by atoms with Gasteiger partial charge in [0, 0.05) is 33.6 Å². The Kier molecular flexibility index (Phi) is 4.48. The van der Waals surface area contributed by atoms with E-state index >= 15 is 0 Å². The van der Waals surface area contributed by atoms with E-state index in [1.165, 1.54) is 25.3 Å². The number of aromatic nitrogens is 1. The molecule has 5 aliphatic rings. The Bertz CT molecular complexity index is 1330. The third kappa shape index (κ3) is 2.98. The molecule has 2 heterocycles. The number of methoxy groups -OCH3 is 1. The first-order valence-electron chi connectivity index (χ1n) is 12.6. The summed E-state index contributed by atoms with van der Waals surface area (Å²) in [6, 6.07) is 10.1. The molecule has 3 N–H and O–H groups in total. The Hall–Kier alpha value is -2.86. The predicted molar refractivity (Wildman–Crippen MR) is 134 cm³/mol. The van der Waals surface area contributed by atoms with Crippen LogP contribution in [0.15, 0.2) is 36.4 Å². The van der Waals surface area contributed by atoms with Gasteiger partial charge in [-0.2, -0.15) is 0 Å². The zero-order valence-electron chi connectivity index (χ0n) is 19.6. The van der Waals surface area contributed by atoms with Crippen molar-refractivity contribution in [3.8, 4) is 28.5 Å². The van der Waals surface area contributed by atoms with E-state index < -0.39 is 5.38 Å². The van der Waals surface area contributed by atoms with Crippen LogP contribution in [0.1, 0.15) is 50.1 Å². The van der Waals surface area contributed by atoms with E-state index in [1.807, 2.05) is 18.2 Å². The summed E-state index contributed by atoms with van der Waals surface area (Å²) in [5.74, 6) is 2.82. The number of likely N-dealkylation sites (tertiary alicyclic amines) is 1. The van der Waals surface area contributed by atoms with Gasteiger partial charge in [-0.05, 0) is 86.6 Å². The number of alkyl halides is 1. The number of β-lactam (4-membered cyclic amide) rings is 1. The lowest BCUT2D eigenvalue weighted by Crippen LogP contribution is -2.70. The maximum Gasteiger partial charge on any atom is 0.244 e. The lowest BCUT2D eigenvalue weighted by Gasteiger charge is -2.65. The topological polar surface area (TPSA) is 85.8 Å². The first-order valence-corrected chi connectivity index (χ1v) is 13.0. The number of H-pyrrole nitrogens is 1. The Labute approximate surface area is 208 Å². The van der Waals surface area contributed by atoms with Crippen LogP contribution >= 0.6 is 11.6 Å². The molecule has 35 heavy (non-hydrogen) atoms. The van der Waals surface area contributed by atoms with Gasteiger partial charge in [0.15, 0.2) is 0 Å². The zero-order valence-corrected chi connectivity index (χ0v) is 20.4. The predicted octanol–water partition coefficient (Wildman–Crippen LogP) is 5.71. The third-order valence-corrected chi connectivity index (χ3v) is 9.56. The summed E-state index contributed by atoms with van der Waals surface area (Å²) < 4.78 is 5.53. The number of amides is 1. The second kappa shape index (κ2) is 7.33. The molecule has 8 rings (SSSR count). The SMILES string of the molecule is COc1ccc2[nH]c(-c3ccc(O)cc3O)c(C3C(Cl)C(=O)N3C34CC5CC(CC(C5)C3)C4)c2c1. The van der Waals surface area contributed by atoms with Gasteiger partial charge in [0.2, 0.25) is 5.91 Å². The minimum atomic E-state index is -0.661. The van der Waals surface area contributed by atoms with Crippen molar-refractivity contribution in [1.82, 2.24) is 9.88 Å². The molecule has 2 unspecified atom stereocenters. The molecule has 1 aromatic heterocycles. The van der Waals surface area contributed by atoms with Crippen LogP contribution in [0.3, 0.4) is 0 Å². The molecule has 7 heteroatoms. The molecule has 0 radical (unpaired) electrons. The van der Waals surface area contributed by atoms with E-state index in [9.17, 15) is 15.0 Å². The van der Waals surface area contributed by atoms with Gasteiger partial charge in [0.25, 0.3) is 0 Å². The first kappa shape index (κ1) is 21.4. The molecule has 0 spiro atoms. The molecule has 4 bridgehead atoms. The molecule has 182 valence electrons. The van der Waals surface area contributed by atoms with E-state index in [1.54, 1.807) is 19.2 Å².